The Hall–Kier alpha value is -0.440. The van der Waals surface area contributed by atoms with Gasteiger partial charge in [-0.05, 0) is 24.6 Å². The maximum atomic E-state index is 11.4. The van der Waals surface area contributed by atoms with Crippen molar-refractivity contribution in [2.75, 3.05) is 10.9 Å². The summed E-state index contributed by atoms with van der Waals surface area (Å²) in [5.74, 6) is 0. The highest BCUT2D eigenvalue weighted by atomic mass is 79.9. The van der Waals surface area contributed by atoms with Crippen molar-refractivity contribution in [1.82, 2.24) is 4.72 Å². The second-order valence-corrected chi connectivity index (χ2v) is 8.98. The van der Waals surface area contributed by atoms with E-state index in [1.807, 2.05) is 0 Å². The molecule has 0 aliphatic heterocycles. The van der Waals surface area contributed by atoms with Gasteiger partial charge < -0.3 is 0 Å². The molecule has 1 N–H and O–H groups in total. The van der Waals surface area contributed by atoms with E-state index in [0.29, 0.717) is 5.56 Å². The lowest BCUT2D eigenvalue weighted by Crippen LogP contribution is -2.27. The molecule has 0 aromatic heterocycles. The molecule has 0 saturated carbocycles. The van der Waals surface area contributed by atoms with Gasteiger partial charge in [-0.15, -0.1) is 0 Å². The Morgan fingerprint density at radius 1 is 1.17 bits per heavy atom. The molecular formula is C10H14BrNO4S2. The monoisotopic (exact) mass is 355 g/mol. The first-order valence-electron chi connectivity index (χ1n) is 5.02. The molecule has 0 fully saturated rings. The van der Waals surface area contributed by atoms with Crippen LogP contribution in [0.25, 0.3) is 0 Å². The van der Waals surface area contributed by atoms with Crippen molar-refractivity contribution >= 4 is 35.8 Å². The van der Waals surface area contributed by atoms with Crippen molar-refractivity contribution < 1.29 is 16.8 Å². The molecule has 0 aliphatic rings. The number of alkyl halides is 1. The Labute approximate surface area is 116 Å². The van der Waals surface area contributed by atoms with E-state index in [2.05, 4.69) is 20.7 Å². The number of hydrogen-bond donors (Lipinski definition) is 1. The first kappa shape index (κ1) is 15.6. The number of benzene rings is 1. The number of hydrogen-bond acceptors (Lipinski definition) is 4. The van der Waals surface area contributed by atoms with E-state index in [0.717, 1.165) is 6.26 Å². The zero-order valence-electron chi connectivity index (χ0n) is 9.92. The maximum Gasteiger partial charge on any atom is 0.222 e. The summed E-state index contributed by atoms with van der Waals surface area (Å²) >= 11 is 2.88. The molecule has 1 atom stereocenters. The van der Waals surface area contributed by atoms with Gasteiger partial charge in [0, 0.05) is 12.3 Å². The number of nitrogens with one attached hydrogen (secondary N) is 1. The van der Waals surface area contributed by atoms with E-state index in [9.17, 15) is 16.8 Å². The normalized spacial score (nSPS) is 14.4. The molecule has 0 heterocycles. The summed E-state index contributed by atoms with van der Waals surface area (Å²) in [5.41, 5.74) is 0.701. The molecule has 5 nitrogen and oxygen atoms in total. The molecule has 1 rings (SSSR count). The maximum absolute atomic E-state index is 11.4. The smallest absolute Gasteiger partial charge is 0.222 e. The molecule has 0 spiro atoms. The van der Waals surface area contributed by atoms with Gasteiger partial charge in [-0.2, -0.15) is 0 Å². The van der Waals surface area contributed by atoms with Crippen LogP contribution in [0.15, 0.2) is 29.2 Å². The second kappa shape index (κ2) is 5.68. The fourth-order valence-corrected chi connectivity index (χ4v) is 3.14. The van der Waals surface area contributed by atoms with Crippen LogP contribution in [-0.2, 0) is 19.9 Å². The van der Waals surface area contributed by atoms with Gasteiger partial charge in [-0.3, -0.25) is 0 Å². The van der Waals surface area contributed by atoms with Crippen LogP contribution in [0.3, 0.4) is 0 Å². The quantitative estimate of drug-likeness (QED) is 0.810. The summed E-state index contributed by atoms with van der Waals surface area (Å²) in [6, 6.07) is 5.70. The Morgan fingerprint density at radius 2 is 1.67 bits per heavy atom. The molecule has 0 saturated heterocycles. The van der Waals surface area contributed by atoms with Crippen LogP contribution in [0, 0.1) is 0 Å². The number of sulfone groups is 1. The van der Waals surface area contributed by atoms with Crippen LogP contribution < -0.4 is 4.72 Å². The van der Waals surface area contributed by atoms with Gasteiger partial charge in [-0.25, -0.2) is 21.6 Å². The van der Waals surface area contributed by atoms with Gasteiger partial charge in [0.15, 0.2) is 9.84 Å². The largest absolute Gasteiger partial charge is 0.224 e. The summed E-state index contributed by atoms with van der Waals surface area (Å²) in [6.45, 7) is 1.69. The van der Waals surface area contributed by atoms with Crippen LogP contribution in [0.2, 0.25) is 0 Å². The fourth-order valence-electron chi connectivity index (χ4n) is 1.37. The van der Waals surface area contributed by atoms with Gasteiger partial charge in [0.05, 0.1) is 4.90 Å². The predicted molar refractivity (Wildman–Crippen MR) is 73.8 cm³/mol. The first-order chi connectivity index (χ1) is 8.15. The number of halogens is 1. The molecule has 0 radical (unpaired) electrons. The van der Waals surface area contributed by atoms with E-state index in [4.69, 9.17) is 0 Å². The minimum Gasteiger partial charge on any atom is -0.224 e. The molecule has 0 amide bonds. The average molecular weight is 356 g/mol. The van der Waals surface area contributed by atoms with Crippen molar-refractivity contribution in [2.24, 2.45) is 0 Å². The predicted octanol–water partition coefficient (Wildman–Crippen LogP) is 1.42. The highest BCUT2D eigenvalue weighted by Crippen LogP contribution is 2.17. The van der Waals surface area contributed by atoms with Crippen molar-refractivity contribution in [3.05, 3.63) is 29.8 Å². The summed E-state index contributed by atoms with van der Waals surface area (Å²) < 4.78 is 47.5. The third kappa shape index (κ3) is 4.34. The number of sulfonamides is 1. The SMILES string of the molecule is CC(NS(=O)(=O)CBr)c1ccc(S(C)(=O)=O)cc1. The molecule has 1 aromatic carbocycles. The lowest BCUT2D eigenvalue weighted by molar-refractivity contribution is 0.572. The summed E-state index contributed by atoms with van der Waals surface area (Å²) in [7, 11) is -6.59. The van der Waals surface area contributed by atoms with Crippen LogP contribution in [0.4, 0.5) is 0 Å². The van der Waals surface area contributed by atoms with Crippen LogP contribution in [-0.4, -0.2) is 27.8 Å². The van der Waals surface area contributed by atoms with Crippen LogP contribution in [0.1, 0.15) is 18.5 Å². The summed E-state index contributed by atoms with van der Waals surface area (Å²) in [6.07, 6.45) is 1.12. The summed E-state index contributed by atoms with van der Waals surface area (Å²) in [4.78, 5) is 0.210. The minimum atomic E-state index is -3.36. The summed E-state index contributed by atoms with van der Waals surface area (Å²) in [5, 5.41) is 0. The third-order valence-corrected chi connectivity index (χ3v) is 6.24. The molecule has 102 valence electrons. The first-order valence-corrected chi connectivity index (χ1v) is 9.68. The lowest BCUT2D eigenvalue weighted by atomic mass is 10.1. The van der Waals surface area contributed by atoms with Gasteiger partial charge in [-0.1, -0.05) is 28.1 Å². The van der Waals surface area contributed by atoms with E-state index < -0.39 is 25.9 Å². The van der Waals surface area contributed by atoms with Crippen LogP contribution >= 0.6 is 15.9 Å². The second-order valence-electron chi connectivity index (χ2n) is 3.90. The van der Waals surface area contributed by atoms with E-state index in [1.165, 1.54) is 12.1 Å². The molecule has 0 bridgehead atoms. The number of rotatable bonds is 5. The Kier molecular flexibility index (Phi) is 4.93. The van der Waals surface area contributed by atoms with Crippen LogP contribution in [0.5, 0.6) is 0 Å². The standard InChI is InChI=1S/C10H14BrNO4S2/c1-8(12-18(15,16)7-11)9-3-5-10(6-4-9)17(2,13)14/h3-6,8,12H,7H2,1-2H3. The molecule has 1 aromatic rings. The van der Waals surface area contributed by atoms with Gasteiger partial charge in [0.25, 0.3) is 0 Å². The average Bonchev–Trinajstić information content (AvgIpc) is 2.27. The Morgan fingerprint density at radius 3 is 2.06 bits per heavy atom. The Bertz CT molecular complexity index is 608. The van der Waals surface area contributed by atoms with Gasteiger partial charge in [0.2, 0.25) is 10.0 Å². The zero-order chi connectivity index (χ0) is 14.0. The highest BCUT2D eigenvalue weighted by Gasteiger charge is 2.15. The van der Waals surface area contributed by atoms with Crippen molar-refractivity contribution in [1.29, 1.82) is 0 Å². The van der Waals surface area contributed by atoms with Crippen molar-refractivity contribution in [2.45, 2.75) is 17.9 Å². The molecule has 8 heteroatoms. The molecule has 18 heavy (non-hydrogen) atoms. The molecule has 1 unspecified atom stereocenters. The lowest BCUT2D eigenvalue weighted by Gasteiger charge is -2.13. The van der Waals surface area contributed by atoms with E-state index >= 15 is 0 Å². The van der Waals surface area contributed by atoms with Crippen molar-refractivity contribution in [3.63, 3.8) is 0 Å². The highest BCUT2D eigenvalue weighted by molar-refractivity contribution is 9.10. The van der Waals surface area contributed by atoms with Gasteiger partial charge >= 0.3 is 0 Å². The van der Waals surface area contributed by atoms with E-state index in [-0.39, 0.29) is 9.56 Å². The van der Waals surface area contributed by atoms with Crippen molar-refractivity contribution in [3.8, 4) is 0 Å². The molecule has 0 aliphatic carbocycles. The molecular weight excluding hydrogens is 342 g/mol. The minimum absolute atomic E-state index is 0.175. The third-order valence-electron chi connectivity index (χ3n) is 2.31. The zero-order valence-corrected chi connectivity index (χ0v) is 13.1. The Balaban J connectivity index is 2.93. The van der Waals surface area contributed by atoms with Gasteiger partial charge in [0.1, 0.15) is 4.66 Å². The topological polar surface area (TPSA) is 80.3 Å². The van der Waals surface area contributed by atoms with E-state index in [1.54, 1.807) is 19.1 Å². The fraction of sp³-hybridized carbons (Fsp3) is 0.400.